The maximum Gasteiger partial charge on any atom is 0.268 e. The third kappa shape index (κ3) is 3.44. The molecular weight excluding hydrogens is 381 g/mol. The molecule has 3 aliphatic rings. The molecule has 13 nitrogen and oxygen atoms in total. The fraction of sp³-hybridized carbons (Fsp3) is 1.00. The molecule has 152 valence electrons. The minimum atomic E-state index is -4.78. The van der Waals surface area contributed by atoms with Crippen LogP contribution >= 0.6 is 7.82 Å². The monoisotopic (exact) mass is 403 g/mol. The normalized spacial score (nSPS) is 57.8. The molecule has 0 radical (unpaired) electrons. The number of aliphatic hydroxyl groups excluding tert-OH is 6. The Balaban J connectivity index is 1.81. The van der Waals surface area contributed by atoms with Crippen molar-refractivity contribution < 1.29 is 64.4 Å². The van der Waals surface area contributed by atoms with Crippen LogP contribution in [-0.4, -0.2) is 105 Å². The van der Waals surface area contributed by atoms with Gasteiger partial charge in [-0.05, 0) is 0 Å². The molecule has 2 heterocycles. The van der Waals surface area contributed by atoms with Crippen molar-refractivity contribution >= 4 is 7.82 Å². The van der Waals surface area contributed by atoms with Crippen molar-refractivity contribution in [1.29, 1.82) is 0 Å². The standard InChI is InChI=1S/C12H22NO12P/c13-3-5(16)4(15)2(1-14)22-12(3)23-9-7(18)6(17)8(19)10-11(9)25-26(20,21)24-10/h2-12,14-19H,1,13H2,(H,20,21)/t2-,3-,4-,5-,6+,7+,8-,9-,10-,11+,12?/m1/s1. The molecule has 2 aliphatic heterocycles. The van der Waals surface area contributed by atoms with E-state index in [0.717, 1.165) is 0 Å². The minimum absolute atomic E-state index is 0.652. The van der Waals surface area contributed by atoms with Gasteiger partial charge in [-0.15, -0.1) is 0 Å². The first kappa shape index (κ1) is 20.5. The summed E-state index contributed by atoms with van der Waals surface area (Å²) >= 11 is 0. The minimum Gasteiger partial charge on any atom is -0.756 e. The summed E-state index contributed by atoms with van der Waals surface area (Å²) in [6.07, 6.45) is -15.3. The van der Waals surface area contributed by atoms with Crippen LogP contribution in [0.2, 0.25) is 0 Å². The number of fused-ring (bicyclic) bond motifs is 1. The van der Waals surface area contributed by atoms with Crippen LogP contribution in [0.25, 0.3) is 0 Å². The summed E-state index contributed by atoms with van der Waals surface area (Å²) in [7, 11) is -4.78. The number of phosphoric acid groups is 1. The number of hydrogen-bond donors (Lipinski definition) is 7. The van der Waals surface area contributed by atoms with Gasteiger partial charge in [-0.3, -0.25) is 4.57 Å². The Hall–Kier alpha value is -0.250. The van der Waals surface area contributed by atoms with Crippen LogP contribution in [0.15, 0.2) is 0 Å². The zero-order valence-corrected chi connectivity index (χ0v) is 14.2. The van der Waals surface area contributed by atoms with E-state index in [4.69, 9.17) is 14.0 Å². The SMILES string of the molecule is [NH3+][C@H]1C(O[C@@H]2[C@@H](O)[C@H](O)[C@@H](O)[C@H]3OP(=O)([O-])O[C@H]32)O[C@H](CO)[C@@H](O)[C@@H]1O. The molecule has 1 saturated carbocycles. The fourth-order valence-corrected chi connectivity index (χ4v) is 4.45. The molecule has 0 bridgehead atoms. The van der Waals surface area contributed by atoms with Gasteiger partial charge in [0.15, 0.2) is 6.04 Å². The summed E-state index contributed by atoms with van der Waals surface area (Å²) in [5, 5.41) is 59.0. The predicted molar refractivity (Wildman–Crippen MR) is 74.7 cm³/mol. The molecular formula is C12H22NO12P. The van der Waals surface area contributed by atoms with Gasteiger partial charge in [-0.2, -0.15) is 0 Å². The van der Waals surface area contributed by atoms with Gasteiger partial charge in [-0.25, -0.2) is 0 Å². The van der Waals surface area contributed by atoms with Crippen molar-refractivity contribution in [1.82, 2.24) is 0 Å². The third-order valence-corrected chi connectivity index (χ3v) is 5.82. The van der Waals surface area contributed by atoms with Gasteiger partial charge in [0.1, 0.15) is 54.9 Å². The van der Waals surface area contributed by atoms with Crippen molar-refractivity contribution in [3.63, 3.8) is 0 Å². The maximum absolute atomic E-state index is 11.6. The molecule has 3 fully saturated rings. The van der Waals surface area contributed by atoms with Crippen molar-refractivity contribution in [2.24, 2.45) is 0 Å². The summed E-state index contributed by atoms with van der Waals surface area (Å²) in [5.74, 6) is 0. The van der Waals surface area contributed by atoms with E-state index in [9.17, 15) is 40.1 Å². The molecule has 0 aromatic carbocycles. The van der Waals surface area contributed by atoms with Crippen molar-refractivity contribution in [3.8, 4) is 0 Å². The first-order valence-corrected chi connectivity index (χ1v) is 9.36. The first-order valence-electron chi connectivity index (χ1n) is 7.90. The second-order valence-electron chi connectivity index (χ2n) is 6.53. The molecule has 2 saturated heterocycles. The van der Waals surface area contributed by atoms with Gasteiger partial charge in [0.05, 0.1) is 6.61 Å². The Morgan fingerprint density at radius 1 is 0.962 bits per heavy atom. The molecule has 0 spiro atoms. The summed E-state index contributed by atoms with van der Waals surface area (Å²) < 4.78 is 31.7. The number of ether oxygens (including phenoxy) is 2. The number of phosphoric ester groups is 1. The molecule has 0 aromatic heterocycles. The van der Waals surface area contributed by atoms with Crippen molar-refractivity contribution in [3.05, 3.63) is 0 Å². The van der Waals surface area contributed by atoms with E-state index in [1.54, 1.807) is 0 Å². The van der Waals surface area contributed by atoms with E-state index >= 15 is 0 Å². The molecule has 14 heteroatoms. The van der Waals surface area contributed by atoms with Crippen LogP contribution in [-0.2, 0) is 23.1 Å². The maximum atomic E-state index is 11.6. The molecule has 0 aromatic rings. The van der Waals surface area contributed by atoms with Gasteiger partial charge >= 0.3 is 0 Å². The molecule has 2 unspecified atom stereocenters. The molecule has 0 amide bonds. The van der Waals surface area contributed by atoms with E-state index in [-0.39, 0.29) is 0 Å². The number of quaternary nitrogens is 1. The van der Waals surface area contributed by atoms with Crippen LogP contribution in [0.1, 0.15) is 0 Å². The summed E-state index contributed by atoms with van der Waals surface area (Å²) in [4.78, 5) is 11.6. The largest absolute Gasteiger partial charge is 0.756 e. The summed E-state index contributed by atoms with van der Waals surface area (Å²) in [6.45, 7) is -0.652. The van der Waals surface area contributed by atoms with Crippen LogP contribution in [0.3, 0.4) is 0 Å². The molecule has 1 aliphatic carbocycles. The fourth-order valence-electron chi connectivity index (χ4n) is 3.32. The van der Waals surface area contributed by atoms with Crippen LogP contribution in [0, 0.1) is 0 Å². The Labute approximate surface area is 147 Å². The Kier molecular flexibility index (Phi) is 5.75. The predicted octanol–water partition coefficient (Wildman–Crippen LogP) is -6.23. The quantitative estimate of drug-likeness (QED) is 0.218. The van der Waals surface area contributed by atoms with Gasteiger partial charge in [0.25, 0.3) is 7.82 Å². The highest BCUT2D eigenvalue weighted by atomic mass is 31.2. The second kappa shape index (κ2) is 7.29. The first-order chi connectivity index (χ1) is 12.1. The topological polar surface area (TPSA) is 226 Å². The third-order valence-electron chi connectivity index (χ3n) is 4.82. The molecule has 3 rings (SSSR count). The van der Waals surface area contributed by atoms with E-state index in [1.165, 1.54) is 0 Å². The highest BCUT2D eigenvalue weighted by molar-refractivity contribution is 7.46. The van der Waals surface area contributed by atoms with E-state index in [0.29, 0.717) is 0 Å². The van der Waals surface area contributed by atoms with E-state index < -0.39 is 81.7 Å². The Morgan fingerprint density at radius 3 is 2.19 bits per heavy atom. The Morgan fingerprint density at radius 2 is 1.58 bits per heavy atom. The van der Waals surface area contributed by atoms with Crippen LogP contribution in [0.4, 0.5) is 0 Å². The molecule has 12 atom stereocenters. The number of aliphatic hydroxyl groups is 6. The molecule has 9 N–H and O–H groups in total. The Bertz CT molecular complexity index is 564. The lowest BCUT2D eigenvalue weighted by Crippen LogP contribution is -2.79. The highest BCUT2D eigenvalue weighted by Gasteiger charge is 2.59. The zero-order valence-electron chi connectivity index (χ0n) is 13.3. The lowest BCUT2D eigenvalue weighted by Gasteiger charge is -2.44. The van der Waals surface area contributed by atoms with Crippen LogP contribution in [0.5, 0.6) is 0 Å². The smallest absolute Gasteiger partial charge is 0.268 e. The van der Waals surface area contributed by atoms with Gasteiger partial charge in [-0.1, -0.05) is 0 Å². The number of rotatable bonds is 3. The van der Waals surface area contributed by atoms with Gasteiger partial charge < -0.3 is 59.8 Å². The summed E-state index contributed by atoms with van der Waals surface area (Å²) in [6, 6.07) is -1.08. The van der Waals surface area contributed by atoms with Crippen molar-refractivity contribution in [2.45, 2.75) is 67.3 Å². The lowest BCUT2D eigenvalue weighted by atomic mass is 9.84. The van der Waals surface area contributed by atoms with Gasteiger partial charge in [0.2, 0.25) is 6.29 Å². The lowest BCUT2D eigenvalue weighted by molar-refractivity contribution is -0.506. The number of hydrogen-bond acceptors (Lipinski definition) is 12. The van der Waals surface area contributed by atoms with Crippen molar-refractivity contribution in [2.75, 3.05) is 6.61 Å². The molecule has 26 heavy (non-hydrogen) atoms. The zero-order chi connectivity index (χ0) is 19.4. The van der Waals surface area contributed by atoms with Crippen LogP contribution < -0.4 is 10.6 Å². The average molecular weight is 403 g/mol. The second-order valence-corrected chi connectivity index (χ2v) is 7.85. The van der Waals surface area contributed by atoms with E-state index in [2.05, 4.69) is 10.3 Å². The average Bonchev–Trinajstić information content (AvgIpc) is 2.92. The highest BCUT2D eigenvalue weighted by Crippen LogP contribution is 2.53. The van der Waals surface area contributed by atoms with E-state index in [1.807, 2.05) is 0 Å². The van der Waals surface area contributed by atoms with Gasteiger partial charge in [0, 0.05) is 0 Å². The summed E-state index contributed by atoms with van der Waals surface area (Å²) in [5.41, 5.74) is 3.59.